The van der Waals surface area contributed by atoms with Crippen LogP contribution in [0.3, 0.4) is 0 Å². The van der Waals surface area contributed by atoms with Gasteiger partial charge in [0.25, 0.3) is 0 Å². The second kappa shape index (κ2) is 7.99. The fourth-order valence-corrected chi connectivity index (χ4v) is 2.83. The van der Waals surface area contributed by atoms with Gasteiger partial charge < -0.3 is 5.32 Å². The Balaban J connectivity index is 2.05. The molecule has 21 heavy (non-hydrogen) atoms. The van der Waals surface area contributed by atoms with Crippen molar-refractivity contribution in [3.05, 3.63) is 53.3 Å². The zero-order chi connectivity index (χ0) is 15.1. The molecule has 114 valence electrons. The average molecular weight is 285 g/mol. The highest BCUT2D eigenvalue weighted by Gasteiger charge is 2.14. The van der Waals surface area contributed by atoms with Gasteiger partial charge in [-0.3, -0.25) is 4.68 Å². The van der Waals surface area contributed by atoms with E-state index in [-0.39, 0.29) is 0 Å². The van der Waals surface area contributed by atoms with E-state index in [2.05, 4.69) is 54.6 Å². The molecular weight excluding hydrogens is 258 g/mol. The van der Waals surface area contributed by atoms with E-state index in [9.17, 15) is 0 Å². The number of nitrogens with zero attached hydrogens (tertiary/aromatic N) is 2. The Bertz CT molecular complexity index is 545. The Morgan fingerprint density at radius 3 is 2.71 bits per heavy atom. The van der Waals surface area contributed by atoms with Gasteiger partial charge in [-0.25, -0.2) is 0 Å². The third-order valence-corrected chi connectivity index (χ3v) is 4.12. The van der Waals surface area contributed by atoms with Gasteiger partial charge in [0.1, 0.15) is 0 Å². The Kier molecular flexibility index (Phi) is 6.00. The van der Waals surface area contributed by atoms with E-state index in [0.29, 0.717) is 5.92 Å². The molecule has 0 amide bonds. The lowest BCUT2D eigenvalue weighted by Gasteiger charge is -2.20. The Morgan fingerprint density at radius 1 is 1.24 bits per heavy atom. The molecule has 2 rings (SSSR count). The van der Waals surface area contributed by atoms with E-state index in [1.807, 2.05) is 17.9 Å². The second-order valence-electron chi connectivity index (χ2n) is 5.74. The number of benzene rings is 1. The molecule has 2 aromatic rings. The standard InChI is InChI=1S/C18H27N3/c1-4-12-19-14-16(18-8-6-5-7-15(18)2)9-10-17-11-13-20-21(17)3/h5-8,11,13,16,19H,4,9-10,12,14H2,1-3H3. The third kappa shape index (κ3) is 4.43. The van der Waals surface area contributed by atoms with Gasteiger partial charge in [-0.1, -0.05) is 31.2 Å². The van der Waals surface area contributed by atoms with Crippen LogP contribution in [0.15, 0.2) is 36.5 Å². The van der Waals surface area contributed by atoms with Crippen LogP contribution in [-0.4, -0.2) is 22.9 Å². The van der Waals surface area contributed by atoms with Crippen LogP contribution in [-0.2, 0) is 13.5 Å². The van der Waals surface area contributed by atoms with Gasteiger partial charge in [0.15, 0.2) is 0 Å². The molecule has 3 heteroatoms. The molecule has 0 radical (unpaired) electrons. The van der Waals surface area contributed by atoms with Crippen molar-refractivity contribution in [3.63, 3.8) is 0 Å². The van der Waals surface area contributed by atoms with Gasteiger partial charge in [0.05, 0.1) is 0 Å². The maximum atomic E-state index is 4.26. The Labute approximate surface area is 128 Å². The number of aryl methyl sites for hydroxylation is 3. The first-order chi connectivity index (χ1) is 10.2. The lowest BCUT2D eigenvalue weighted by Crippen LogP contribution is -2.23. The summed E-state index contributed by atoms with van der Waals surface area (Å²) < 4.78 is 1.98. The summed E-state index contributed by atoms with van der Waals surface area (Å²) in [5.41, 5.74) is 4.18. The van der Waals surface area contributed by atoms with Gasteiger partial charge in [-0.15, -0.1) is 0 Å². The minimum absolute atomic E-state index is 0.563. The highest BCUT2D eigenvalue weighted by molar-refractivity contribution is 5.29. The maximum Gasteiger partial charge on any atom is 0.0492 e. The maximum absolute atomic E-state index is 4.26. The first kappa shape index (κ1) is 15.8. The number of aromatic nitrogens is 2. The molecule has 0 aliphatic rings. The van der Waals surface area contributed by atoms with E-state index >= 15 is 0 Å². The van der Waals surface area contributed by atoms with Crippen molar-refractivity contribution in [2.45, 2.75) is 39.0 Å². The number of rotatable bonds is 8. The van der Waals surface area contributed by atoms with E-state index in [1.165, 1.54) is 23.2 Å². The van der Waals surface area contributed by atoms with Crippen LogP contribution in [0.5, 0.6) is 0 Å². The second-order valence-corrected chi connectivity index (χ2v) is 5.74. The fourth-order valence-electron chi connectivity index (χ4n) is 2.83. The molecule has 0 aliphatic heterocycles. The molecule has 1 aromatic heterocycles. The van der Waals surface area contributed by atoms with E-state index in [4.69, 9.17) is 0 Å². The molecule has 1 N–H and O–H groups in total. The smallest absolute Gasteiger partial charge is 0.0492 e. The van der Waals surface area contributed by atoms with E-state index in [0.717, 1.165) is 25.9 Å². The molecule has 0 saturated carbocycles. The lowest BCUT2D eigenvalue weighted by molar-refractivity contribution is 0.537. The predicted octanol–water partition coefficient (Wildman–Crippen LogP) is 3.44. The van der Waals surface area contributed by atoms with Crippen molar-refractivity contribution in [3.8, 4) is 0 Å². The van der Waals surface area contributed by atoms with Crippen molar-refractivity contribution in [2.75, 3.05) is 13.1 Å². The minimum Gasteiger partial charge on any atom is -0.316 e. The van der Waals surface area contributed by atoms with Crippen molar-refractivity contribution in [2.24, 2.45) is 7.05 Å². The summed E-state index contributed by atoms with van der Waals surface area (Å²) in [4.78, 5) is 0. The first-order valence-electron chi connectivity index (χ1n) is 7.95. The molecule has 1 heterocycles. The Morgan fingerprint density at radius 2 is 2.05 bits per heavy atom. The molecular formula is C18H27N3. The molecule has 3 nitrogen and oxygen atoms in total. The molecule has 0 spiro atoms. The van der Waals surface area contributed by atoms with Crippen LogP contribution in [0.2, 0.25) is 0 Å². The normalized spacial score (nSPS) is 12.5. The summed E-state index contributed by atoms with van der Waals surface area (Å²) in [7, 11) is 2.02. The van der Waals surface area contributed by atoms with Crippen molar-refractivity contribution in [1.29, 1.82) is 0 Å². The van der Waals surface area contributed by atoms with Crippen molar-refractivity contribution < 1.29 is 0 Å². The summed E-state index contributed by atoms with van der Waals surface area (Å²) in [6.45, 7) is 6.57. The summed E-state index contributed by atoms with van der Waals surface area (Å²) >= 11 is 0. The molecule has 0 aliphatic carbocycles. The lowest BCUT2D eigenvalue weighted by atomic mass is 9.90. The van der Waals surface area contributed by atoms with E-state index in [1.54, 1.807) is 0 Å². The minimum atomic E-state index is 0.563. The molecule has 1 atom stereocenters. The molecule has 0 fully saturated rings. The van der Waals surface area contributed by atoms with Crippen LogP contribution in [0.25, 0.3) is 0 Å². The van der Waals surface area contributed by atoms with E-state index < -0.39 is 0 Å². The van der Waals surface area contributed by atoms with Gasteiger partial charge in [-0.05, 0) is 55.8 Å². The van der Waals surface area contributed by atoms with Crippen molar-refractivity contribution in [1.82, 2.24) is 15.1 Å². The van der Waals surface area contributed by atoms with Gasteiger partial charge >= 0.3 is 0 Å². The topological polar surface area (TPSA) is 29.9 Å². The SMILES string of the molecule is CCCNCC(CCc1ccnn1C)c1ccccc1C. The number of hydrogen-bond donors (Lipinski definition) is 1. The van der Waals surface area contributed by atoms with Crippen LogP contribution in [0.1, 0.15) is 42.5 Å². The van der Waals surface area contributed by atoms with Gasteiger partial charge in [-0.2, -0.15) is 5.10 Å². The first-order valence-corrected chi connectivity index (χ1v) is 7.95. The largest absolute Gasteiger partial charge is 0.316 e. The fraction of sp³-hybridized carbons (Fsp3) is 0.500. The molecule has 0 saturated heterocycles. The van der Waals surface area contributed by atoms with Crippen LogP contribution < -0.4 is 5.32 Å². The highest BCUT2D eigenvalue weighted by atomic mass is 15.2. The van der Waals surface area contributed by atoms with Crippen molar-refractivity contribution >= 4 is 0 Å². The zero-order valence-corrected chi connectivity index (χ0v) is 13.5. The third-order valence-electron chi connectivity index (χ3n) is 4.12. The highest BCUT2D eigenvalue weighted by Crippen LogP contribution is 2.24. The summed E-state index contributed by atoms with van der Waals surface area (Å²) in [5.74, 6) is 0.563. The summed E-state index contributed by atoms with van der Waals surface area (Å²) in [5, 5.41) is 7.84. The molecule has 1 unspecified atom stereocenters. The van der Waals surface area contributed by atoms with Crippen LogP contribution in [0, 0.1) is 6.92 Å². The van der Waals surface area contributed by atoms with Crippen LogP contribution >= 0.6 is 0 Å². The quantitative estimate of drug-likeness (QED) is 0.753. The van der Waals surface area contributed by atoms with Crippen LogP contribution in [0.4, 0.5) is 0 Å². The average Bonchev–Trinajstić information content (AvgIpc) is 2.89. The summed E-state index contributed by atoms with van der Waals surface area (Å²) in [6.07, 6.45) is 5.29. The summed E-state index contributed by atoms with van der Waals surface area (Å²) in [6, 6.07) is 10.9. The predicted molar refractivity (Wildman–Crippen MR) is 88.6 cm³/mol. The number of hydrogen-bond acceptors (Lipinski definition) is 2. The van der Waals surface area contributed by atoms with Gasteiger partial charge in [0.2, 0.25) is 0 Å². The monoisotopic (exact) mass is 285 g/mol. The van der Waals surface area contributed by atoms with Gasteiger partial charge in [0, 0.05) is 25.5 Å². The zero-order valence-electron chi connectivity index (χ0n) is 13.5. The molecule has 1 aromatic carbocycles. The number of nitrogens with one attached hydrogen (secondary N) is 1. The Hall–Kier alpha value is -1.61. The molecule has 0 bridgehead atoms.